The first-order chi connectivity index (χ1) is 20.8. The topological polar surface area (TPSA) is 25.8 Å². The molecule has 2 nitrogen and oxygen atoms in total. The van der Waals surface area contributed by atoms with Crippen LogP contribution in [0.1, 0.15) is 0 Å². The standard InChI is InChI=1S/C40H26N2/c1-3-9-31-23-33(19-15-27(31)7-1)39-25-35(26-40(42-39)34-20-16-28-8-2-4-10-32(28)24-34)29-13-17-30(18-14-29)36-21-22-41-38-12-6-5-11-37(36)38/h1-26H. The van der Waals surface area contributed by atoms with Crippen LogP contribution in [0.4, 0.5) is 0 Å². The molecule has 196 valence electrons. The zero-order valence-electron chi connectivity index (χ0n) is 22.9. The number of nitrogens with zero attached hydrogens (tertiary/aromatic N) is 2. The number of hydrogen-bond acceptors (Lipinski definition) is 2. The summed E-state index contributed by atoms with van der Waals surface area (Å²) in [6.45, 7) is 0. The summed E-state index contributed by atoms with van der Waals surface area (Å²) in [5.74, 6) is 0. The van der Waals surface area contributed by atoms with Crippen LogP contribution in [0.3, 0.4) is 0 Å². The molecule has 0 N–H and O–H groups in total. The van der Waals surface area contributed by atoms with Crippen molar-refractivity contribution in [1.29, 1.82) is 0 Å². The van der Waals surface area contributed by atoms with Crippen molar-refractivity contribution in [2.45, 2.75) is 0 Å². The molecule has 0 aliphatic heterocycles. The number of pyridine rings is 2. The Morgan fingerprint density at radius 3 is 1.52 bits per heavy atom. The van der Waals surface area contributed by atoms with Gasteiger partial charge in [0.15, 0.2) is 0 Å². The minimum Gasteiger partial charge on any atom is -0.256 e. The van der Waals surface area contributed by atoms with Crippen LogP contribution in [0.15, 0.2) is 158 Å². The van der Waals surface area contributed by atoms with Crippen molar-refractivity contribution >= 4 is 32.4 Å². The van der Waals surface area contributed by atoms with Crippen LogP contribution >= 0.6 is 0 Å². The lowest BCUT2D eigenvalue weighted by atomic mass is 9.95. The molecule has 0 saturated carbocycles. The Kier molecular flexibility index (Phi) is 5.82. The molecule has 0 fully saturated rings. The van der Waals surface area contributed by atoms with E-state index in [9.17, 15) is 0 Å². The van der Waals surface area contributed by atoms with Crippen LogP contribution in [0.25, 0.3) is 77.2 Å². The van der Waals surface area contributed by atoms with E-state index in [0.29, 0.717) is 0 Å². The Hall–Kier alpha value is -5.60. The van der Waals surface area contributed by atoms with Crippen LogP contribution < -0.4 is 0 Å². The third kappa shape index (κ3) is 4.40. The maximum Gasteiger partial charge on any atom is 0.0715 e. The fourth-order valence-electron chi connectivity index (χ4n) is 5.88. The summed E-state index contributed by atoms with van der Waals surface area (Å²) >= 11 is 0. The van der Waals surface area contributed by atoms with E-state index >= 15 is 0 Å². The zero-order chi connectivity index (χ0) is 27.9. The maximum absolute atomic E-state index is 5.21. The van der Waals surface area contributed by atoms with Crippen LogP contribution in [-0.4, -0.2) is 9.97 Å². The third-order valence-corrected chi connectivity index (χ3v) is 8.09. The fourth-order valence-corrected chi connectivity index (χ4v) is 5.88. The molecule has 8 aromatic rings. The smallest absolute Gasteiger partial charge is 0.0715 e. The summed E-state index contributed by atoms with van der Waals surface area (Å²) in [5.41, 5.74) is 9.82. The quantitative estimate of drug-likeness (QED) is 0.224. The van der Waals surface area contributed by atoms with Gasteiger partial charge in [0, 0.05) is 22.7 Å². The minimum atomic E-state index is 0.964. The van der Waals surface area contributed by atoms with Gasteiger partial charge in [-0.3, -0.25) is 4.98 Å². The average molecular weight is 535 g/mol. The summed E-state index contributed by atoms with van der Waals surface area (Å²) in [4.78, 5) is 9.75. The first kappa shape index (κ1) is 24.2. The summed E-state index contributed by atoms with van der Waals surface area (Å²) in [7, 11) is 0. The molecule has 0 aliphatic rings. The monoisotopic (exact) mass is 534 g/mol. The van der Waals surface area contributed by atoms with Crippen molar-refractivity contribution in [2.24, 2.45) is 0 Å². The van der Waals surface area contributed by atoms with Gasteiger partial charge < -0.3 is 0 Å². The molecule has 0 saturated heterocycles. The zero-order valence-corrected chi connectivity index (χ0v) is 22.9. The molecule has 2 heteroatoms. The highest BCUT2D eigenvalue weighted by Crippen LogP contribution is 2.34. The predicted octanol–water partition coefficient (Wildman–Crippen LogP) is 10.6. The second kappa shape index (κ2) is 10.1. The Labute approximate surface area is 244 Å². The SMILES string of the molecule is c1ccc2cc(-c3cc(-c4ccc(-c5ccnc6ccccc56)cc4)cc(-c4ccc5ccccc5c4)n3)ccc2c1. The molecule has 0 radical (unpaired) electrons. The molecule has 0 atom stereocenters. The highest BCUT2D eigenvalue weighted by molar-refractivity contribution is 5.95. The van der Waals surface area contributed by atoms with Crippen molar-refractivity contribution in [2.75, 3.05) is 0 Å². The lowest BCUT2D eigenvalue weighted by Gasteiger charge is -2.12. The van der Waals surface area contributed by atoms with E-state index in [1.54, 1.807) is 0 Å². The summed E-state index contributed by atoms with van der Waals surface area (Å²) in [6.07, 6.45) is 1.89. The van der Waals surface area contributed by atoms with E-state index in [0.717, 1.165) is 44.5 Å². The van der Waals surface area contributed by atoms with Crippen LogP contribution in [0.5, 0.6) is 0 Å². The molecular weight excluding hydrogens is 508 g/mol. The summed E-state index contributed by atoms with van der Waals surface area (Å²) in [6, 6.07) is 53.8. The molecule has 0 unspecified atom stereocenters. The van der Waals surface area contributed by atoms with E-state index in [1.807, 2.05) is 12.3 Å². The van der Waals surface area contributed by atoms with E-state index in [-0.39, 0.29) is 0 Å². The number of fused-ring (bicyclic) bond motifs is 3. The molecule has 0 bridgehead atoms. The van der Waals surface area contributed by atoms with Crippen molar-refractivity contribution in [3.8, 4) is 44.8 Å². The lowest BCUT2D eigenvalue weighted by molar-refractivity contribution is 1.33. The van der Waals surface area contributed by atoms with E-state index in [1.165, 1.54) is 32.7 Å². The van der Waals surface area contributed by atoms with Gasteiger partial charge in [-0.2, -0.15) is 0 Å². The number of aromatic nitrogens is 2. The molecule has 0 aliphatic carbocycles. The van der Waals surface area contributed by atoms with Crippen LogP contribution in [0, 0.1) is 0 Å². The van der Waals surface area contributed by atoms with Gasteiger partial charge in [0.1, 0.15) is 0 Å². The summed E-state index contributed by atoms with van der Waals surface area (Å²) < 4.78 is 0. The maximum atomic E-state index is 5.21. The molecule has 0 amide bonds. The van der Waals surface area contributed by atoms with E-state index in [2.05, 4.69) is 151 Å². The van der Waals surface area contributed by atoms with Gasteiger partial charge in [0.2, 0.25) is 0 Å². The van der Waals surface area contributed by atoms with Crippen molar-refractivity contribution in [3.63, 3.8) is 0 Å². The molecule has 6 aromatic carbocycles. The van der Waals surface area contributed by atoms with Crippen molar-refractivity contribution in [1.82, 2.24) is 9.97 Å². The fraction of sp³-hybridized carbons (Fsp3) is 0. The highest BCUT2D eigenvalue weighted by Gasteiger charge is 2.11. The van der Waals surface area contributed by atoms with Gasteiger partial charge in [-0.25, -0.2) is 4.98 Å². The summed E-state index contributed by atoms with van der Waals surface area (Å²) in [5, 5.41) is 6.04. The number of para-hydroxylation sites is 1. The first-order valence-electron chi connectivity index (χ1n) is 14.2. The minimum absolute atomic E-state index is 0.964. The Morgan fingerprint density at radius 1 is 0.357 bits per heavy atom. The predicted molar refractivity (Wildman–Crippen MR) is 176 cm³/mol. The van der Waals surface area contributed by atoms with E-state index < -0.39 is 0 Å². The van der Waals surface area contributed by atoms with Crippen molar-refractivity contribution in [3.05, 3.63) is 158 Å². The number of benzene rings is 6. The Balaban J connectivity index is 1.27. The molecular formula is C40H26N2. The van der Waals surface area contributed by atoms with Crippen molar-refractivity contribution < 1.29 is 0 Å². The molecule has 0 spiro atoms. The number of hydrogen-bond donors (Lipinski definition) is 0. The van der Waals surface area contributed by atoms with Gasteiger partial charge in [-0.05, 0) is 80.2 Å². The average Bonchev–Trinajstić information content (AvgIpc) is 3.07. The largest absolute Gasteiger partial charge is 0.256 e. The molecule has 2 aromatic heterocycles. The normalized spacial score (nSPS) is 11.3. The molecule has 2 heterocycles. The second-order valence-electron chi connectivity index (χ2n) is 10.7. The van der Waals surface area contributed by atoms with Gasteiger partial charge in [0.05, 0.1) is 16.9 Å². The van der Waals surface area contributed by atoms with Gasteiger partial charge in [-0.15, -0.1) is 0 Å². The van der Waals surface area contributed by atoms with Gasteiger partial charge >= 0.3 is 0 Å². The lowest BCUT2D eigenvalue weighted by Crippen LogP contribution is -1.92. The molecule has 42 heavy (non-hydrogen) atoms. The van der Waals surface area contributed by atoms with Gasteiger partial charge in [0.25, 0.3) is 0 Å². The number of rotatable bonds is 4. The first-order valence-corrected chi connectivity index (χ1v) is 14.2. The second-order valence-corrected chi connectivity index (χ2v) is 10.7. The van der Waals surface area contributed by atoms with E-state index in [4.69, 9.17) is 4.98 Å². The Bertz CT molecular complexity index is 2140. The third-order valence-electron chi connectivity index (χ3n) is 8.09. The Morgan fingerprint density at radius 2 is 0.881 bits per heavy atom. The van der Waals surface area contributed by atoms with Crippen LogP contribution in [-0.2, 0) is 0 Å². The highest BCUT2D eigenvalue weighted by atomic mass is 14.7. The van der Waals surface area contributed by atoms with Gasteiger partial charge in [-0.1, -0.05) is 115 Å². The van der Waals surface area contributed by atoms with Crippen LogP contribution in [0.2, 0.25) is 0 Å². The molecule has 8 rings (SSSR count).